The summed E-state index contributed by atoms with van der Waals surface area (Å²) >= 11 is 0. The number of ether oxygens (including phenoxy) is 1. The molecule has 0 saturated carbocycles. The van der Waals surface area contributed by atoms with E-state index in [0.29, 0.717) is 0 Å². The number of para-hydroxylation sites is 2. The summed E-state index contributed by atoms with van der Waals surface area (Å²) in [6, 6.07) is 7.80. The van der Waals surface area contributed by atoms with Crippen molar-refractivity contribution in [3.63, 3.8) is 0 Å². The normalized spacial score (nSPS) is 15.1. The molecule has 0 saturated heterocycles. The van der Waals surface area contributed by atoms with E-state index in [0.717, 1.165) is 36.9 Å². The van der Waals surface area contributed by atoms with Crippen LogP contribution in [0.15, 0.2) is 29.3 Å². The summed E-state index contributed by atoms with van der Waals surface area (Å²) in [7, 11) is 1.66. The highest BCUT2D eigenvalue weighted by Crippen LogP contribution is 2.22. The fraction of sp³-hybridized carbons (Fsp3) is 0.364. The highest BCUT2D eigenvalue weighted by atomic mass is 16.5. The molecular weight excluding hydrogens is 190 g/mol. The fourth-order valence-electron chi connectivity index (χ4n) is 1.49. The smallest absolute Gasteiger partial charge is 0.195 e. The third kappa shape index (κ3) is 2.40. The Hall–Kier alpha value is -1.71. The summed E-state index contributed by atoms with van der Waals surface area (Å²) in [6.45, 7) is 1.85. The average Bonchev–Trinajstić information content (AvgIpc) is 2.31. The highest BCUT2D eigenvalue weighted by Gasteiger charge is 2.06. The molecule has 0 unspecified atom stereocenters. The van der Waals surface area contributed by atoms with Crippen LogP contribution in [-0.2, 0) is 0 Å². The van der Waals surface area contributed by atoms with Gasteiger partial charge in [0, 0.05) is 13.1 Å². The molecule has 1 aliphatic heterocycles. The van der Waals surface area contributed by atoms with Crippen LogP contribution in [0.4, 0.5) is 5.69 Å². The molecular formula is C11H15N3O. The molecule has 1 aromatic carbocycles. The first-order valence-corrected chi connectivity index (χ1v) is 5.08. The molecule has 2 N–H and O–H groups in total. The molecule has 0 fully saturated rings. The second kappa shape index (κ2) is 4.68. The molecule has 0 amide bonds. The average molecular weight is 205 g/mol. The van der Waals surface area contributed by atoms with Crippen molar-refractivity contribution in [2.24, 2.45) is 4.99 Å². The van der Waals surface area contributed by atoms with Crippen molar-refractivity contribution < 1.29 is 4.74 Å². The molecule has 15 heavy (non-hydrogen) atoms. The molecule has 1 heterocycles. The lowest BCUT2D eigenvalue weighted by Crippen LogP contribution is -2.35. The first-order valence-electron chi connectivity index (χ1n) is 5.08. The Morgan fingerprint density at radius 3 is 3.00 bits per heavy atom. The zero-order valence-electron chi connectivity index (χ0n) is 8.79. The Kier molecular flexibility index (Phi) is 3.07. The predicted octanol–water partition coefficient (Wildman–Crippen LogP) is 1.46. The summed E-state index contributed by atoms with van der Waals surface area (Å²) in [6.07, 6.45) is 1.09. The standard InChI is InChI=1S/C11H15N3O/c1-15-10-6-3-2-5-9(10)14-11-12-7-4-8-13-11/h2-3,5-6H,4,7-8H2,1H3,(H2,12,13,14). The zero-order valence-corrected chi connectivity index (χ0v) is 8.79. The van der Waals surface area contributed by atoms with Crippen LogP contribution in [-0.4, -0.2) is 26.2 Å². The van der Waals surface area contributed by atoms with Crippen LogP contribution in [0.3, 0.4) is 0 Å². The lowest BCUT2D eigenvalue weighted by Gasteiger charge is -2.17. The third-order valence-electron chi connectivity index (χ3n) is 2.26. The third-order valence-corrected chi connectivity index (χ3v) is 2.26. The number of rotatable bonds is 2. The number of anilines is 1. The molecule has 1 aromatic rings. The Balaban J connectivity index is 2.12. The van der Waals surface area contributed by atoms with Crippen LogP contribution < -0.4 is 15.4 Å². The quantitative estimate of drug-likeness (QED) is 0.768. The van der Waals surface area contributed by atoms with Crippen molar-refractivity contribution in [3.05, 3.63) is 24.3 Å². The zero-order chi connectivity index (χ0) is 10.5. The van der Waals surface area contributed by atoms with Crippen LogP contribution in [0.2, 0.25) is 0 Å². The summed E-state index contributed by atoms with van der Waals surface area (Å²) < 4.78 is 5.24. The molecule has 4 nitrogen and oxygen atoms in total. The predicted molar refractivity (Wildman–Crippen MR) is 61.5 cm³/mol. The van der Waals surface area contributed by atoms with Crippen molar-refractivity contribution in [1.29, 1.82) is 0 Å². The number of methoxy groups -OCH3 is 1. The Labute approximate surface area is 89.4 Å². The maximum atomic E-state index is 5.24. The first-order chi connectivity index (χ1) is 7.40. The van der Waals surface area contributed by atoms with Crippen LogP contribution in [0.1, 0.15) is 6.42 Å². The SMILES string of the molecule is COc1ccccc1NC1=NCCCN1. The molecule has 4 heteroatoms. The number of nitrogens with zero attached hydrogens (tertiary/aromatic N) is 1. The van der Waals surface area contributed by atoms with Gasteiger partial charge in [0.1, 0.15) is 5.75 Å². The highest BCUT2D eigenvalue weighted by molar-refractivity contribution is 5.95. The number of benzene rings is 1. The Morgan fingerprint density at radius 2 is 2.27 bits per heavy atom. The van der Waals surface area contributed by atoms with Crippen LogP contribution in [0.25, 0.3) is 0 Å². The molecule has 0 aromatic heterocycles. The topological polar surface area (TPSA) is 45.6 Å². The van der Waals surface area contributed by atoms with E-state index in [4.69, 9.17) is 4.74 Å². The largest absolute Gasteiger partial charge is 0.495 e. The second-order valence-electron chi connectivity index (χ2n) is 3.34. The molecule has 0 spiro atoms. The molecule has 0 aliphatic carbocycles. The van der Waals surface area contributed by atoms with Gasteiger partial charge in [0.05, 0.1) is 12.8 Å². The molecule has 0 atom stereocenters. The van der Waals surface area contributed by atoms with E-state index >= 15 is 0 Å². The molecule has 2 rings (SSSR count). The van der Waals surface area contributed by atoms with E-state index < -0.39 is 0 Å². The van der Waals surface area contributed by atoms with Gasteiger partial charge in [-0.15, -0.1) is 0 Å². The Bertz CT molecular complexity index is 363. The lowest BCUT2D eigenvalue weighted by atomic mass is 10.3. The summed E-state index contributed by atoms with van der Waals surface area (Å²) in [5.74, 6) is 1.65. The summed E-state index contributed by atoms with van der Waals surface area (Å²) in [4.78, 5) is 4.34. The van der Waals surface area contributed by atoms with Crippen molar-refractivity contribution in [2.75, 3.05) is 25.5 Å². The van der Waals surface area contributed by atoms with E-state index in [1.807, 2.05) is 24.3 Å². The van der Waals surface area contributed by atoms with E-state index in [9.17, 15) is 0 Å². The van der Waals surface area contributed by atoms with Gasteiger partial charge in [0.15, 0.2) is 5.96 Å². The minimum Gasteiger partial charge on any atom is -0.495 e. The van der Waals surface area contributed by atoms with Crippen molar-refractivity contribution >= 4 is 11.6 Å². The minimum atomic E-state index is 0.825. The molecule has 80 valence electrons. The minimum absolute atomic E-state index is 0.825. The van der Waals surface area contributed by atoms with Crippen molar-refractivity contribution in [1.82, 2.24) is 5.32 Å². The van der Waals surface area contributed by atoms with Gasteiger partial charge in [-0.3, -0.25) is 4.99 Å². The first kappa shape index (κ1) is 9.83. The monoisotopic (exact) mass is 205 g/mol. The van der Waals surface area contributed by atoms with Gasteiger partial charge in [-0.05, 0) is 18.6 Å². The Morgan fingerprint density at radius 1 is 1.40 bits per heavy atom. The van der Waals surface area contributed by atoms with Crippen LogP contribution in [0, 0.1) is 0 Å². The number of hydrogen-bond donors (Lipinski definition) is 2. The van der Waals surface area contributed by atoms with Gasteiger partial charge in [0.2, 0.25) is 0 Å². The van der Waals surface area contributed by atoms with Gasteiger partial charge in [-0.1, -0.05) is 12.1 Å². The van der Waals surface area contributed by atoms with Gasteiger partial charge in [-0.2, -0.15) is 0 Å². The fourth-order valence-corrected chi connectivity index (χ4v) is 1.49. The number of aliphatic imine (C=N–C) groups is 1. The van der Waals surface area contributed by atoms with Gasteiger partial charge >= 0.3 is 0 Å². The maximum absolute atomic E-state index is 5.24. The lowest BCUT2D eigenvalue weighted by molar-refractivity contribution is 0.417. The second-order valence-corrected chi connectivity index (χ2v) is 3.34. The van der Waals surface area contributed by atoms with Crippen molar-refractivity contribution in [2.45, 2.75) is 6.42 Å². The molecule has 0 radical (unpaired) electrons. The van der Waals surface area contributed by atoms with Gasteiger partial charge in [-0.25, -0.2) is 0 Å². The van der Waals surface area contributed by atoms with E-state index in [1.54, 1.807) is 7.11 Å². The van der Waals surface area contributed by atoms with E-state index in [-0.39, 0.29) is 0 Å². The molecule has 1 aliphatic rings. The van der Waals surface area contributed by atoms with Gasteiger partial charge < -0.3 is 15.4 Å². The van der Waals surface area contributed by atoms with Gasteiger partial charge in [0.25, 0.3) is 0 Å². The number of nitrogens with one attached hydrogen (secondary N) is 2. The summed E-state index contributed by atoms with van der Waals surface area (Å²) in [5.41, 5.74) is 0.938. The van der Waals surface area contributed by atoms with E-state index in [2.05, 4.69) is 15.6 Å². The summed E-state index contributed by atoms with van der Waals surface area (Å²) in [5, 5.41) is 6.42. The molecule has 0 bridgehead atoms. The number of hydrogen-bond acceptors (Lipinski definition) is 4. The number of guanidine groups is 1. The van der Waals surface area contributed by atoms with Crippen molar-refractivity contribution in [3.8, 4) is 5.75 Å². The van der Waals surface area contributed by atoms with Crippen LogP contribution in [0.5, 0.6) is 5.75 Å². The maximum Gasteiger partial charge on any atom is 0.195 e. The van der Waals surface area contributed by atoms with E-state index in [1.165, 1.54) is 0 Å². The van der Waals surface area contributed by atoms with Crippen LogP contribution >= 0.6 is 0 Å².